The molecule has 0 spiro atoms. The zero-order valence-corrected chi connectivity index (χ0v) is 15.2. The zero-order valence-electron chi connectivity index (χ0n) is 14.5. The summed E-state index contributed by atoms with van der Waals surface area (Å²) >= 11 is 5.91. The van der Waals surface area contributed by atoms with Gasteiger partial charge in [0, 0.05) is 24.2 Å². The second-order valence-corrected chi connectivity index (χ2v) is 7.27. The predicted molar refractivity (Wildman–Crippen MR) is 95.5 cm³/mol. The Labute approximate surface area is 156 Å². The molecule has 0 bridgehead atoms. The van der Waals surface area contributed by atoms with E-state index < -0.39 is 6.04 Å². The Kier molecular flexibility index (Phi) is 4.40. The van der Waals surface area contributed by atoms with E-state index in [1.54, 1.807) is 17.0 Å². The first-order valence-corrected chi connectivity index (χ1v) is 9.14. The number of carbonyl (C=O) groups is 2. The average Bonchev–Trinajstić information content (AvgIpc) is 3.36. The number of nitrogens with one attached hydrogen (secondary N) is 1. The Morgan fingerprint density at radius 3 is 2.62 bits per heavy atom. The van der Waals surface area contributed by atoms with Crippen LogP contribution in [0.1, 0.15) is 36.1 Å². The van der Waals surface area contributed by atoms with Crippen molar-refractivity contribution in [3.63, 3.8) is 0 Å². The fourth-order valence-electron chi connectivity index (χ4n) is 3.27. The minimum atomic E-state index is -0.731. The van der Waals surface area contributed by atoms with Crippen LogP contribution < -0.4 is 5.32 Å². The maximum Gasteiger partial charge on any atom is 0.251 e. The van der Waals surface area contributed by atoms with Crippen molar-refractivity contribution in [3.05, 3.63) is 46.5 Å². The highest BCUT2D eigenvalue weighted by Gasteiger charge is 2.40. The van der Waals surface area contributed by atoms with Crippen LogP contribution in [0.25, 0.3) is 0 Å². The van der Waals surface area contributed by atoms with Gasteiger partial charge in [-0.1, -0.05) is 23.7 Å². The lowest BCUT2D eigenvalue weighted by molar-refractivity contribution is -0.142. The Balaban J connectivity index is 1.59. The molecule has 2 amide bonds. The number of rotatable bonds is 4. The minimum Gasteiger partial charge on any atom is -0.351 e. The van der Waals surface area contributed by atoms with E-state index in [0.29, 0.717) is 23.9 Å². The van der Waals surface area contributed by atoms with Crippen LogP contribution in [0.2, 0.25) is 5.02 Å². The molecule has 1 aromatic heterocycles. The third kappa shape index (κ3) is 3.31. The quantitative estimate of drug-likeness (QED) is 0.883. The van der Waals surface area contributed by atoms with Crippen LogP contribution in [0, 0.1) is 6.92 Å². The summed E-state index contributed by atoms with van der Waals surface area (Å²) in [5.74, 6) is 1.02. The summed E-state index contributed by atoms with van der Waals surface area (Å²) in [6.45, 7) is 2.91. The SMILES string of the molecule is Cc1nnc2n1CCN(C(=O)Cc1ccc(Cl)cc1)C2C(=O)NC1CC1. The summed E-state index contributed by atoms with van der Waals surface area (Å²) in [5.41, 5.74) is 0.865. The second kappa shape index (κ2) is 6.72. The number of hydrogen-bond acceptors (Lipinski definition) is 4. The number of aromatic nitrogens is 3. The van der Waals surface area contributed by atoms with Gasteiger partial charge in [0.2, 0.25) is 5.91 Å². The van der Waals surface area contributed by atoms with Crippen LogP contribution in [0.4, 0.5) is 0 Å². The number of aryl methyl sites for hydroxylation is 1. The number of fused-ring (bicyclic) bond motifs is 1. The highest BCUT2D eigenvalue weighted by Crippen LogP contribution is 2.28. The van der Waals surface area contributed by atoms with Crippen LogP contribution in [-0.4, -0.2) is 44.1 Å². The van der Waals surface area contributed by atoms with Crippen molar-refractivity contribution in [2.24, 2.45) is 0 Å². The van der Waals surface area contributed by atoms with Gasteiger partial charge in [0.05, 0.1) is 6.42 Å². The summed E-state index contributed by atoms with van der Waals surface area (Å²) in [5, 5.41) is 11.9. The number of nitrogens with zero attached hydrogens (tertiary/aromatic N) is 4. The first-order chi connectivity index (χ1) is 12.5. The molecule has 26 heavy (non-hydrogen) atoms. The lowest BCUT2D eigenvalue weighted by Crippen LogP contribution is -2.50. The van der Waals surface area contributed by atoms with Gasteiger partial charge in [-0.05, 0) is 37.5 Å². The van der Waals surface area contributed by atoms with E-state index >= 15 is 0 Å². The van der Waals surface area contributed by atoms with E-state index in [1.807, 2.05) is 23.6 Å². The van der Waals surface area contributed by atoms with Gasteiger partial charge in [-0.25, -0.2) is 0 Å². The summed E-state index contributed by atoms with van der Waals surface area (Å²) in [4.78, 5) is 27.4. The molecule has 1 aliphatic carbocycles. The molecule has 1 fully saturated rings. The molecule has 1 aromatic carbocycles. The Morgan fingerprint density at radius 1 is 1.19 bits per heavy atom. The number of halogens is 1. The van der Waals surface area contributed by atoms with Gasteiger partial charge in [0.25, 0.3) is 5.91 Å². The zero-order chi connectivity index (χ0) is 18.3. The first-order valence-electron chi connectivity index (χ1n) is 8.77. The molecule has 1 atom stereocenters. The van der Waals surface area contributed by atoms with Crippen LogP contribution in [0.15, 0.2) is 24.3 Å². The van der Waals surface area contributed by atoms with Crippen molar-refractivity contribution in [2.45, 2.75) is 44.8 Å². The Morgan fingerprint density at radius 2 is 1.92 bits per heavy atom. The van der Waals surface area contributed by atoms with Crippen molar-refractivity contribution in [1.82, 2.24) is 25.0 Å². The van der Waals surface area contributed by atoms with Crippen molar-refractivity contribution in [3.8, 4) is 0 Å². The molecule has 136 valence electrons. The molecule has 4 rings (SSSR count). The third-order valence-electron chi connectivity index (χ3n) is 4.85. The Bertz CT molecular complexity index is 844. The number of amides is 2. The Hall–Kier alpha value is -2.41. The van der Waals surface area contributed by atoms with Crippen LogP contribution in [0.5, 0.6) is 0 Å². The van der Waals surface area contributed by atoms with E-state index in [2.05, 4.69) is 15.5 Å². The molecule has 8 heteroatoms. The molecule has 0 saturated heterocycles. The molecule has 1 saturated carbocycles. The first kappa shape index (κ1) is 17.0. The van der Waals surface area contributed by atoms with Crippen LogP contribution in [0.3, 0.4) is 0 Å². The predicted octanol–water partition coefficient (Wildman–Crippen LogP) is 1.64. The van der Waals surface area contributed by atoms with E-state index in [1.165, 1.54) is 0 Å². The number of benzene rings is 1. The van der Waals surface area contributed by atoms with Crippen molar-refractivity contribution < 1.29 is 9.59 Å². The normalized spacial score (nSPS) is 19.2. The van der Waals surface area contributed by atoms with Gasteiger partial charge in [0.1, 0.15) is 5.82 Å². The summed E-state index contributed by atoms with van der Waals surface area (Å²) in [6.07, 6.45) is 2.20. The van der Waals surface area contributed by atoms with Crippen LogP contribution in [-0.2, 0) is 22.6 Å². The maximum atomic E-state index is 12.9. The monoisotopic (exact) mass is 373 g/mol. The van der Waals surface area contributed by atoms with Gasteiger partial charge in [-0.15, -0.1) is 10.2 Å². The number of hydrogen-bond donors (Lipinski definition) is 1. The molecule has 2 heterocycles. The smallest absolute Gasteiger partial charge is 0.251 e. The number of carbonyl (C=O) groups excluding carboxylic acids is 2. The molecular weight excluding hydrogens is 354 g/mol. The summed E-state index contributed by atoms with van der Waals surface area (Å²) in [6, 6.07) is 6.67. The molecule has 2 aliphatic rings. The van der Waals surface area contributed by atoms with Gasteiger partial charge in [-0.3, -0.25) is 9.59 Å². The molecule has 0 radical (unpaired) electrons. The van der Waals surface area contributed by atoms with E-state index in [9.17, 15) is 9.59 Å². The van der Waals surface area contributed by atoms with E-state index in [4.69, 9.17) is 11.6 Å². The van der Waals surface area contributed by atoms with Crippen molar-refractivity contribution in [2.75, 3.05) is 6.54 Å². The summed E-state index contributed by atoms with van der Waals surface area (Å²) < 4.78 is 1.92. The lowest BCUT2D eigenvalue weighted by atomic mass is 10.1. The highest BCUT2D eigenvalue weighted by molar-refractivity contribution is 6.30. The standard InChI is InChI=1S/C18H20ClN5O2/c1-11-21-22-17-16(18(26)20-14-6-7-14)24(9-8-23(11)17)15(25)10-12-2-4-13(19)5-3-12/h2-5,14,16H,6-10H2,1H3,(H,20,26). The summed E-state index contributed by atoms with van der Waals surface area (Å²) in [7, 11) is 0. The molecule has 1 unspecified atom stereocenters. The topological polar surface area (TPSA) is 80.1 Å². The largest absolute Gasteiger partial charge is 0.351 e. The molecule has 2 aromatic rings. The van der Waals surface area contributed by atoms with E-state index in [0.717, 1.165) is 24.2 Å². The minimum absolute atomic E-state index is 0.102. The van der Waals surface area contributed by atoms with Crippen LogP contribution >= 0.6 is 11.6 Å². The highest BCUT2D eigenvalue weighted by atomic mass is 35.5. The fraction of sp³-hybridized carbons (Fsp3) is 0.444. The fourth-order valence-corrected chi connectivity index (χ4v) is 3.39. The van der Waals surface area contributed by atoms with Crippen molar-refractivity contribution in [1.29, 1.82) is 0 Å². The van der Waals surface area contributed by atoms with Gasteiger partial charge in [-0.2, -0.15) is 0 Å². The van der Waals surface area contributed by atoms with E-state index in [-0.39, 0.29) is 24.3 Å². The van der Waals surface area contributed by atoms with Gasteiger partial charge < -0.3 is 14.8 Å². The molecule has 7 nitrogen and oxygen atoms in total. The average molecular weight is 374 g/mol. The molecule has 1 N–H and O–H groups in total. The second-order valence-electron chi connectivity index (χ2n) is 6.83. The molecule has 1 aliphatic heterocycles. The van der Waals surface area contributed by atoms with Crippen molar-refractivity contribution >= 4 is 23.4 Å². The maximum absolute atomic E-state index is 12.9. The van der Waals surface area contributed by atoms with Gasteiger partial charge >= 0.3 is 0 Å². The lowest BCUT2D eigenvalue weighted by Gasteiger charge is -2.35. The third-order valence-corrected chi connectivity index (χ3v) is 5.10. The molecular formula is C18H20ClN5O2. The van der Waals surface area contributed by atoms with Gasteiger partial charge in [0.15, 0.2) is 11.9 Å².